The molecular weight excluding hydrogens is 412 g/mol. The Hall–Kier alpha value is -3.32. The van der Waals surface area contributed by atoms with Crippen LogP contribution in [0.2, 0.25) is 0 Å². The molecule has 3 heterocycles. The van der Waals surface area contributed by atoms with Gasteiger partial charge >= 0.3 is 0 Å². The van der Waals surface area contributed by atoms with E-state index in [9.17, 15) is 4.79 Å². The van der Waals surface area contributed by atoms with E-state index in [0.29, 0.717) is 23.8 Å². The summed E-state index contributed by atoms with van der Waals surface area (Å²) in [5.74, 6) is 1.64. The molecule has 0 spiro atoms. The second kappa shape index (κ2) is 11.0. The third kappa shape index (κ3) is 6.35. The lowest BCUT2D eigenvalue weighted by Crippen LogP contribution is -2.30. The summed E-state index contributed by atoms with van der Waals surface area (Å²) in [5.41, 5.74) is 3.42. The van der Waals surface area contributed by atoms with Crippen LogP contribution in [0.15, 0.2) is 61.2 Å². The maximum Gasteiger partial charge on any atom is 0.259 e. The van der Waals surface area contributed by atoms with Crippen LogP contribution < -0.4 is 10.6 Å². The average molecular weight is 445 g/mol. The number of anilines is 2. The molecule has 3 aromatic rings. The fourth-order valence-corrected chi connectivity index (χ4v) is 4.35. The van der Waals surface area contributed by atoms with Gasteiger partial charge in [-0.2, -0.15) is 0 Å². The maximum absolute atomic E-state index is 12.9. The Morgan fingerprint density at radius 3 is 2.61 bits per heavy atom. The van der Waals surface area contributed by atoms with Crippen LogP contribution in [0.4, 0.5) is 11.5 Å². The second-order valence-corrected chi connectivity index (χ2v) is 8.91. The Balaban J connectivity index is 1.35. The van der Waals surface area contributed by atoms with Crippen molar-refractivity contribution in [2.24, 2.45) is 5.92 Å². The summed E-state index contributed by atoms with van der Waals surface area (Å²) < 4.78 is 0. The summed E-state index contributed by atoms with van der Waals surface area (Å²) in [6.45, 7) is 5.17. The summed E-state index contributed by atoms with van der Waals surface area (Å²) in [5, 5.41) is 6.20. The molecule has 0 bridgehead atoms. The number of amides is 1. The number of hydrogen-bond donors (Lipinski definition) is 2. The second-order valence-electron chi connectivity index (χ2n) is 8.91. The van der Waals surface area contributed by atoms with Crippen molar-refractivity contribution in [2.75, 3.05) is 30.8 Å². The summed E-state index contributed by atoms with van der Waals surface area (Å²) in [4.78, 5) is 27.8. The first-order chi connectivity index (χ1) is 16.1. The fraction of sp³-hybridized carbons (Fsp3) is 0.385. The monoisotopic (exact) mass is 444 g/mol. The van der Waals surface area contributed by atoms with Crippen LogP contribution in [-0.4, -0.2) is 45.9 Å². The molecule has 2 N–H and O–H groups in total. The molecule has 1 saturated heterocycles. The number of piperidine rings is 1. The van der Waals surface area contributed by atoms with Gasteiger partial charge in [0.2, 0.25) is 0 Å². The molecule has 1 fully saturated rings. The number of benzene rings is 1. The normalized spacial score (nSPS) is 15.7. The van der Waals surface area contributed by atoms with Crippen molar-refractivity contribution in [2.45, 2.75) is 38.6 Å². The van der Waals surface area contributed by atoms with E-state index in [-0.39, 0.29) is 5.91 Å². The number of aromatic nitrogens is 3. The fourth-order valence-electron chi connectivity index (χ4n) is 4.35. The number of nitrogens with zero attached hydrogens (tertiary/aromatic N) is 4. The molecular formula is C26H32N6O. The Morgan fingerprint density at radius 1 is 1.09 bits per heavy atom. The zero-order chi connectivity index (χ0) is 23.0. The van der Waals surface area contributed by atoms with Crippen molar-refractivity contribution in [1.82, 2.24) is 19.9 Å². The molecule has 33 heavy (non-hydrogen) atoms. The van der Waals surface area contributed by atoms with Gasteiger partial charge in [-0.3, -0.25) is 4.79 Å². The molecule has 2 aromatic heterocycles. The highest BCUT2D eigenvalue weighted by Crippen LogP contribution is 2.30. The molecule has 1 unspecified atom stereocenters. The average Bonchev–Trinajstić information content (AvgIpc) is 2.85. The van der Waals surface area contributed by atoms with E-state index in [0.717, 1.165) is 17.3 Å². The summed E-state index contributed by atoms with van der Waals surface area (Å²) >= 11 is 0. The van der Waals surface area contributed by atoms with E-state index in [4.69, 9.17) is 0 Å². The van der Waals surface area contributed by atoms with Gasteiger partial charge in [0.25, 0.3) is 5.91 Å². The first-order valence-electron chi connectivity index (χ1n) is 11.6. The number of nitrogens with one attached hydrogen (secondary N) is 2. The van der Waals surface area contributed by atoms with Gasteiger partial charge in [0.15, 0.2) is 0 Å². The van der Waals surface area contributed by atoms with Gasteiger partial charge in [-0.15, -0.1) is 0 Å². The minimum atomic E-state index is -0.194. The van der Waals surface area contributed by atoms with Crippen molar-refractivity contribution in [3.05, 3.63) is 78.0 Å². The third-order valence-electron chi connectivity index (χ3n) is 6.40. The van der Waals surface area contributed by atoms with E-state index in [2.05, 4.69) is 56.6 Å². The van der Waals surface area contributed by atoms with Gasteiger partial charge in [-0.25, -0.2) is 15.0 Å². The molecule has 0 radical (unpaired) electrons. The topological polar surface area (TPSA) is 83.0 Å². The van der Waals surface area contributed by atoms with Crippen molar-refractivity contribution < 1.29 is 4.79 Å². The minimum Gasteiger partial charge on any atom is -0.364 e. The Kier molecular flexibility index (Phi) is 7.62. The van der Waals surface area contributed by atoms with E-state index in [1.54, 1.807) is 24.5 Å². The molecule has 1 amide bonds. The first kappa shape index (κ1) is 22.9. The summed E-state index contributed by atoms with van der Waals surface area (Å²) in [7, 11) is 2.20. The molecule has 1 aliphatic heterocycles. The van der Waals surface area contributed by atoms with Gasteiger partial charge in [0.05, 0.1) is 17.8 Å². The van der Waals surface area contributed by atoms with Crippen molar-refractivity contribution in [1.29, 1.82) is 0 Å². The number of rotatable bonds is 8. The highest BCUT2D eigenvalue weighted by Gasteiger charge is 2.20. The predicted molar refractivity (Wildman–Crippen MR) is 131 cm³/mol. The van der Waals surface area contributed by atoms with Crippen molar-refractivity contribution in [3.63, 3.8) is 0 Å². The maximum atomic E-state index is 12.9. The quantitative estimate of drug-likeness (QED) is 0.530. The number of carbonyl (C=O) groups is 1. The number of hydrogen-bond acceptors (Lipinski definition) is 6. The van der Waals surface area contributed by atoms with Crippen molar-refractivity contribution in [3.8, 4) is 0 Å². The lowest BCUT2D eigenvalue weighted by Gasteiger charge is -2.30. The Labute approximate surface area is 195 Å². The standard InChI is InChI=1S/C26H32N6O/c1-19(16-20-10-14-32(2)15-11-20)21-5-7-22(8-6-21)31-26(33)24-4-3-12-28-25(24)29-17-23-9-13-27-18-30-23/h3-9,12-13,18-20H,10-11,14-17H2,1-2H3,(H,28,29)(H,31,33). The van der Waals surface area contributed by atoms with Crippen LogP contribution in [0.5, 0.6) is 0 Å². The van der Waals surface area contributed by atoms with E-state index in [1.165, 1.54) is 44.2 Å². The SMILES string of the molecule is CC(CC1CCN(C)CC1)c1ccc(NC(=O)c2cccnc2NCc2ccncn2)cc1. The molecule has 1 atom stereocenters. The third-order valence-corrected chi connectivity index (χ3v) is 6.40. The largest absolute Gasteiger partial charge is 0.364 e. The van der Waals surface area contributed by atoms with Gasteiger partial charge < -0.3 is 15.5 Å². The molecule has 0 aliphatic carbocycles. The lowest BCUT2D eigenvalue weighted by molar-refractivity contribution is 0.102. The van der Waals surface area contributed by atoms with Crippen molar-refractivity contribution >= 4 is 17.4 Å². The first-order valence-corrected chi connectivity index (χ1v) is 11.6. The van der Waals surface area contributed by atoms with Crippen LogP contribution in [0, 0.1) is 5.92 Å². The smallest absolute Gasteiger partial charge is 0.259 e. The molecule has 1 aromatic carbocycles. The molecule has 0 saturated carbocycles. The Morgan fingerprint density at radius 2 is 1.88 bits per heavy atom. The molecule has 172 valence electrons. The van der Waals surface area contributed by atoms with E-state index < -0.39 is 0 Å². The molecule has 1 aliphatic rings. The van der Waals surface area contributed by atoms with Crippen LogP contribution in [-0.2, 0) is 6.54 Å². The van der Waals surface area contributed by atoms with Crippen LogP contribution in [0.1, 0.15) is 53.7 Å². The van der Waals surface area contributed by atoms with Gasteiger partial charge in [0, 0.05) is 18.1 Å². The summed E-state index contributed by atoms with van der Waals surface area (Å²) in [6, 6.07) is 13.6. The summed E-state index contributed by atoms with van der Waals surface area (Å²) in [6.07, 6.45) is 8.65. The molecule has 4 rings (SSSR count). The molecule has 7 heteroatoms. The number of likely N-dealkylation sites (tertiary alicyclic amines) is 1. The van der Waals surface area contributed by atoms with Crippen LogP contribution >= 0.6 is 0 Å². The zero-order valence-corrected chi connectivity index (χ0v) is 19.4. The Bertz CT molecular complexity index is 1030. The molecule has 7 nitrogen and oxygen atoms in total. The van der Waals surface area contributed by atoms with Crippen LogP contribution in [0.3, 0.4) is 0 Å². The van der Waals surface area contributed by atoms with Crippen LogP contribution in [0.25, 0.3) is 0 Å². The van der Waals surface area contributed by atoms with E-state index >= 15 is 0 Å². The predicted octanol–water partition coefficient (Wildman–Crippen LogP) is 4.57. The minimum absolute atomic E-state index is 0.194. The number of pyridine rings is 1. The highest BCUT2D eigenvalue weighted by atomic mass is 16.1. The van der Waals surface area contributed by atoms with E-state index in [1.807, 2.05) is 18.2 Å². The lowest BCUT2D eigenvalue weighted by atomic mass is 9.85. The number of carbonyl (C=O) groups excluding carboxylic acids is 1. The highest BCUT2D eigenvalue weighted by molar-refractivity contribution is 6.07. The van der Waals surface area contributed by atoms with Gasteiger partial charge in [-0.05, 0) is 87.1 Å². The van der Waals surface area contributed by atoms with Gasteiger partial charge in [-0.1, -0.05) is 19.1 Å². The van der Waals surface area contributed by atoms with Gasteiger partial charge in [0.1, 0.15) is 12.1 Å². The zero-order valence-electron chi connectivity index (χ0n) is 19.4.